The van der Waals surface area contributed by atoms with Crippen molar-refractivity contribution >= 4 is 24.0 Å². The highest BCUT2D eigenvalue weighted by Gasteiger charge is 2.18. The second-order valence-electron chi connectivity index (χ2n) is 5.38. The highest BCUT2D eigenvalue weighted by atomic mass is 35.5. The van der Waals surface area contributed by atoms with Gasteiger partial charge in [0, 0.05) is 12.2 Å². The van der Waals surface area contributed by atoms with Crippen molar-refractivity contribution in [2.45, 2.75) is 25.9 Å². The molecule has 0 aliphatic carbocycles. The van der Waals surface area contributed by atoms with Crippen molar-refractivity contribution in [2.24, 2.45) is 5.73 Å². The number of benzene rings is 2. The Bertz CT molecular complexity index is 600. The minimum atomic E-state index is -0.354. The summed E-state index contributed by atoms with van der Waals surface area (Å²) in [6.45, 7) is 4.22. The Labute approximate surface area is 143 Å². The molecule has 4 nitrogen and oxygen atoms in total. The van der Waals surface area contributed by atoms with Crippen LogP contribution < -0.4 is 15.8 Å². The van der Waals surface area contributed by atoms with Gasteiger partial charge in [-0.3, -0.25) is 4.79 Å². The van der Waals surface area contributed by atoms with Gasteiger partial charge in [0.15, 0.2) is 0 Å². The number of halogens is 1. The average Bonchev–Trinajstić information content (AvgIpc) is 2.50. The third-order valence-corrected chi connectivity index (χ3v) is 3.25. The first-order chi connectivity index (χ1) is 10.6. The van der Waals surface area contributed by atoms with Gasteiger partial charge in [-0.05, 0) is 43.7 Å². The first-order valence-corrected chi connectivity index (χ1v) is 7.42. The lowest BCUT2D eigenvalue weighted by Crippen LogP contribution is -2.27. The van der Waals surface area contributed by atoms with E-state index in [1.54, 1.807) is 0 Å². The lowest BCUT2D eigenvalue weighted by atomic mass is 9.98. The van der Waals surface area contributed by atoms with Gasteiger partial charge in [-0.2, -0.15) is 0 Å². The molecule has 0 saturated carbocycles. The molecular formula is C18H23ClN2O2. The van der Waals surface area contributed by atoms with Crippen molar-refractivity contribution in [2.75, 3.05) is 11.9 Å². The summed E-state index contributed by atoms with van der Waals surface area (Å²) in [7, 11) is 0. The van der Waals surface area contributed by atoms with E-state index in [-0.39, 0.29) is 36.9 Å². The van der Waals surface area contributed by atoms with Crippen LogP contribution in [-0.4, -0.2) is 18.6 Å². The number of hydrogen-bond acceptors (Lipinski definition) is 3. The molecule has 1 amide bonds. The molecule has 124 valence electrons. The van der Waals surface area contributed by atoms with Crippen LogP contribution in [0, 0.1) is 0 Å². The van der Waals surface area contributed by atoms with E-state index in [0.717, 1.165) is 17.0 Å². The Morgan fingerprint density at radius 1 is 1.09 bits per heavy atom. The van der Waals surface area contributed by atoms with Gasteiger partial charge >= 0.3 is 0 Å². The van der Waals surface area contributed by atoms with E-state index in [9.17, 15) is 4.79 Å². The van der Waals surface area contributed by atoms with Crippen LogP contribution in [-0.2, 0) is 4.79 Å². The minimum absolute atomic E-state index is 0. The van der Waals surface area contributed by atoms with E-state index in [0.29, 0.717) is 0 Å². The van der Waals surface area contributed by atoms with Crippen molar-refractivity contribution in [3.8, 4) is 5.75 Å². The summed E-state index contributed by atoms with van der Waals surface area (Å²) in [5.74, 6) is 0.324. The number of ether oxygens (including phenoxy) is 1. The molecule has 1 atom stereocenters. The van der Waals surface area contributed by atoms with E-state index in [1.807, 2.05) is 68.4 Å². The number of nitrogens with two attached hydrogens (primary N) is 1. The normalized spacial score (nSPS) is 11.5. The largest absolute Gasteiger partial charge is 0.491 e. The first-order valence-electron chi connectivity index (χ1n) is 7.42. The molecule has 0 fully saturated rings. The Morgan fingerprint density at radius 2 is 1.70 bits per heavy atom. The zero-order chi connectivity index (χ0) is 15.9. The van der Waals surface area contributed by atoms with Crippen molar-refractivity contribution in [3.63, 3.8) is 0 Å². The maximum absolute atomic E-state index is 12.4. The molecule has 0 heterocycles. The van der Waals surface area contributed by atoms with E-state index < -0.39 is 0 Å². The lowest BCUT2D eigenvalue weighted by Gasteiger charge is -2.16. The van der Waals surface area contributed by atoms with Gasteiger partial charge in [0.2, 0.25) is 5.91 Å². The van der Waals surface area contributed by atoms with E-state index in [4.69, 9.17) is 10.5 Å². The summed E-state index contributed by atoms with van der Waals surface area (Å²) in [5, 5.41) is 2.90. The first kappa shape index (κ1) is 19.0. The van der Waals surface area contributed by atoms with Crippen LogP contribution in [0.2, 0.25) is 0 Å². The number of carbonyl (C=O) groups is 1. The van der Waals surface area contributed by atoms with Crippen LogP contribution in [0.5, 0.6) is 5.75 Å². The highest BCUT2D eigenvalue weighted by molar-refractivity contribution is 5.96. The minimum Gasteiger partial charge on any atom is -0.491 e. The SMILES string of the molecule is CC(C)Oc1ccc(NC(=O)C(CN)c2ccccc2)cc1.Cl. The zero-order valence-electron chi connectivity index (χ0n) is 13.4. The number of anilines is 1. The molecule has 0 aromatic heterocycles. The summed E-state index contributed by atoms with van der Waals surface area (Å²) in [4.78, 5) is 12.4. The smallest absolute Gasteiger partial charge is 0.233 e. The van der Waals surface area contributed by atoms with Gasteiger partial charge in [-0.1, -0.05) is 30.3 Å². The fraction of sp³-hybridized carbons (Fsp3) is 0.278. The fourth-order valence-corrected chi connectivity index (χ4v) is 2.20. The van der Waals surface area contributed by atoms with Crippen LogP contribution in [0.4, 0.5) is 5.69 Å². The third kappa shape index (κ3) is 5.58. The predicted octanol–water partition coefficient (Wildman–Crippen LogP) is 3.58. The second-order valence-corrected chi connectivity index (χ2v) is 5.38. The number of nitrogens with one attached hydrogen (secondary N) is 1. The molecule has 0 aliphatic rings. The topological polar surface area (TPSA) is 64.3 Å². The quantitative estimate of drug-likeness (QED) is 0.848. The van der Waals surface area contributed by atoms with Crippen LogP contribution >= 0.6 is 12.4 Å². The molecule has 1 unspecified atom stereocenters. The van der Waals surface area contributed by atoms with Crippen LogP contribution in [0.25, 0.3) is 0 Å². The zero-order valence-corrected chi connectivity index (χ0v) is 14.2. The molecular weight excluding hydrogens is 312 g/mol. The molecule has 2 aromatic rings. The van der Waals surface area contributed by atoms with E-state index in [1.165, 1.54) is 0 Å². The molecule has 0 saturated heterocycles. The van der Waals surface area contributed by atoms with Crippen molar-refractivity contribution in [3.05, 3.63) is 60.2 Å². The summed E-state index contributed by atoms with van der Waals surface area (Å²) >= 11 is 0. The number of rotatable bonds is 6. The molecule has 0 bridgehead atoms. The van der Waals surface area contributed by atoms with Gasteiger partial charge in [-0.25, -0.2) is 0 Å². The molecule has 3 N–H and O–H groups in total. The molecule has 0 spiro atoms. The number of amides is 1. The van der Waals surface area contributed by atoms with Crippen molar-refractivity contribution in [1.29, 1.82) is 0 Å². The Kier molecular flexibility index (Phi) is 7.59. The van der Waals surface area contributed by atoms with Gasteiger partial charge in [0.25, 0.3) is 0 Å². The Balaban J connectivity index is 0.00000264. The monoisotopic (exact) mass is 334 g/mol. The van der Waals surface area contributed by atoms with E-state index in [2.05, 4.69) is 5.32 Å². The third-order valence-electron chi connectivity index (χ3n) is 3.25. The van der Waals surface area contributed by atoms with Crippen molar-refractivity contribution in [1.82, 2.24) is 0 Å². The van der Waals surface area contributed by atoms with Crippen LogP contribution in [0.15, 0.2) is 54.6 Å². The Morgan fingerprint density at radius 3 is 2.22 bits per heavy atom. The average molecular weight is 335 g/mol. The second kappa shape index (κ2) is 9.18. The van der Waals surface area contributed by atoms with Gasteiger partial charge in [0.05, 0.1) is 12.0 Å². The summed E-state index contributed by atoms with van der Waals surface area (Å²) < 4.78 is 5.58. The molecule has 2 aromatic carbocycles. The molecule has 5 heteroatoms. The molecule has 0 radical (unpaired) electrons. The lowest BCUT2D eigenvalue weighted by molar-refractivity contribution is -0.117. The number of carbonyl (C=O) groups excluding carboxylic acids is 1. The van der Waals surface area contributed by atoms with Gasteiger partial charge < -0.3 is 15.8 Å². The van der Waals surface area contributed by atoms with Crippen molar-refractivity contribution < 1.29 is 9.53 Å². The van der Waals surface area contributed by atoms with Gasteiger partial charge in [-0.15, -0.1) is 12.4 Å². The summed E-state index contributed by atoms with van der Waals surface area (Å²) in [6, 6.07) is 16.9. The predicted molar refractivity (Wildman–Crippen MR) is 96.3 cm³/mol. The maximum atomic E-state index is 12.4. The molecule has 23 heavy (non-hydrogen) atoms. The fourth-order valence-electron chi connectivity index (χ4n) is 2.20. The summed E-state index contributed by atoms with van der Waals surface area (Å²) in [6.07, 6.45) is 0.125. The molecule has 0 aliphatic heterocycles. The number of hydrogen-bond donors (Lipinski definition) is 2. The standard InChI is InChI=1S/C18H22N2O2.ClH/c1-13(2)22-16-10-8-15(9-11-16)20-18(21)17(12-19)14-6-4-3-5-7-14;/h3-11,13,17H,12,19H2,1-2H3,(H,20,21);1H. The highest BCUT2D eigenvalue weighted by Crippen LogP contribution is 2.20. The Hall–Kier alpha value is -2.04. The summed E-state index contributed by atoms with van der Waals surface area (Å²) in [5.41, 5.74) is 7.41. The molecule has 2 rings (SSSR count). The van der Waals surface area contributed by atoms with E-state index >= 15 is 0 Å². The van der Waals surface area contributed by atoms with Crippen LogP contribution in [0.3, 0.4) is 0 Å². The van der Waals surface area contributed by atoms with Crippen LogP contribution in [0.1, 0.15) is 25.3 Å². The maximum Gasteiger partial charge on any atom is 0.233 e. The van der Waals surface area contributed by atoms with Gasteiger partial charge in [0.1, 0.15) is 5.75 Å².